The van der Waals surface area contributed by atoms with E-state index in [1.807, 2.05) is 0 Å². The molecule has 0 aromatic carbocycles. The van der Waals surface area contributed by atoms with Crippen LogP contribution in [0, 0.1) is 40.9 Å². The van der Waals surface area contributed by atoms with E-state index in [1.54, 1.807) is 0 Å². The van der Waals surface area contributed by atoms with Crippen LogP contribution in [0.4, 0.5) is 0 Å². The second kappa shape index (κ2) is 8.09. The molecular weight excluding hydrogens is 386 g/mol. The van der Waals surface area contributed by atoms with Gasteiger partial charge in [0.2, 0.25) is 0 Å². The van der Waals surface area contributed by atoms with Crippen molar-refractivity contribution in [1.82, 2.24) is 4.90 Å². The zero-order valence-electron chi connectivity index (χ0n) is 20.3. The molecule has 4 heteroatoms. The van der Waals surface area contributed by atoms with Crippen molar-refractivity contribution in [2.24, 2.45) is 40.9 Å². The number of fused-ring (bicyclic) bond motifs is 5. The van der Waals surface area contributed by atoms with Crippen LogP contribution in [0.2, 0.25) is 0 Å². The molecule has 0 amide bonds. The molecule has 176 valence electrons. The van der Waals surface area contributed by atoms with Crippen LogP contribution in [-0.4, -0.2) is 53.2 Å². The van der Waals surface area contributed by atoms with Gasteiger partial charge in [-0.2, -0.15) is 0 Å². The van der Waals surface area contributed by atoms with Gasteiger partial charge in [-0.3, -0.25) is 9.69 Å². The Labute approximate surface area is 189 Å². The number of rotatable bonds is 3. The number of ketones is 1. The Balaban J connectivity index is 1.26. The molecule has 4 saturated carbocycles. The Kier molecular flexibility index (Phi) is 5.84. The lowest BCUT2D eigenvalue weighted by Gasteiger charge is -2.57. The summed E-state index contributed by atoms with van der Waals surface area (Å²) >= 11 is 0. The first-order valence-electron chi connectivity index (χ1n) is 13.3. The number of carbonyl (C=O) groups is 1. The molecule has 5 fully saturated rings. The molecule has 5 aliphatic rings. The minimum atomic E-state index is -0.434. The third kappa shape index (κ3) is 4.04. The SMILES string of the molecule is CC1CN(CC(=O)C2CCC3C4CCC5CC(C)(O)CCC5C4CCC23C)CC(C)O1. The molecular formula is C27H45NO3. The average Bonchev–Trinajstić information content (AvgIpc) is 3.03. The van der Waals surface area contributed by atoms with Crippen molar-refractivity contribution in [2.45, 2.75) is 103 Å². The summed E-state index contributed by atoms with van der Waals surface area (Å²) in [6.07, 6.45) is 11.2. The van der Waals surface area contributed by atoms with E-state index >= 15 is 0 Å². The molecule has 0 spiro atoms. The first kappa shape index (κ1) is 22.3. The largest absolute Gasteiger partial charge is 0.390 e. The van der Waals surface area contributed by atoms with Crippen LogP contribution in [-0.2, 0) is 9.53 Å². The third-order valence-corrected chi connectivity index (χ3v) is 10.5. The van der Waals surface area contributed by atoms with Crippen molar-refractivity contribution in [3.8, 4) is 0 Å². The predicted molar refractivity (Wildman–Crippen MR) is 123 cm³/mol. The molecule has 0 aromatic heterocycles. The zero-order valence-corrected chi connectivity index (χ0v) is 20.3. The van der Waals surface area contributed by atoms with Crippen molar-refractivity contribution >= 4 is 5.78 Å². The van der Waals surface area contributed by atoms with Crippen LogP contribution in [0.5, 0.6) is 0 Å². The van der Waals surface area contributed by atoms with Crippen molar-refractivity contribution in [3.63, 3.8) is 0 Å². The molecule has 10 unspecified atom stereocenters. The summed E-state index contributed by atoms with van der Waals surface area (Å²) < 4.78 is 5.88. The Morgan fingerprint density at radius 1 is 0.935 bits per heavy atom. The summed E-state index contributed by atoms with van der Waals surface area (Å²) in [7, 11) is 0. The Hall–Kier alpha value is -0.450. The van der Waals surface area contributed by atoms with Gasteiger partial charge in [-0.05, 0) is 114 Å². The summed E-state index contributed by atoms with van der Waals surface area (Å²) in [5.41, 5.74) is -0.217. The normalized spacial score (nSPS) is 52.8. The summed E-state index contributed by atoms with van der Waals surface area (Å²) in [6, 6.07) is 0. The van der Waals surface area contributed by atoms with Crippen LogP contribution >= 0.6 is 0 Å². The standard InChI is InChI=1S/C27H45NO3/c1-17-14-28(15-18(2)31-17)16-25(29)24-8-7-23-22-6-5-19-13-26(3,30)11-9-20(19)21(22)10-12-27(23,24)4/h17-24,30H,5-16H2,1-4H3. The number of ether oxygens (including phenoxy) is 1. The highest BCUT2D eigenvalue weighted by Crippen LogP contribution is 2.64. The van der Waals surface area contributed by atoms with E-state index in [2.05, 4.69) is 32.6 Å². The number of Topliss-reactive ketones (excluding diaryl/α,β-unsaturated/α-hetero) is 1. The minimum absolute atomic E-state index is 0.217. The highest BCUT2D eigenvalue weighted by Gasteiger charge is 2.58. The van der Waals surface area contributed by atoms with Gasteiger partial charge in [0.1, 0.15) is 5.78 Å². The van der Waals surface area contributed by atoms with Crippen molar-refractivity contribution in [3.05, 3.63) is 0 Å². The van der Waals surface area contributed by atoms with E-state index in [-0.39, 0.29) is 23.5 Å². The molecule has 1 aliphatic heterocycles. The van der Waals surface area contributed by atoms with Crippen LogP contribution in [0.3, 0.4) is 0 Å². The van der Waals surface area contributed by atoms with Crippen LogP contribution in [0.15, 0.2) is 0 Å². The fourth-order valence-corrected chi connectivity index (χ4v) is 9.35. The van der Waals surface area contributed by atoms with Gasteiger partial charge in [0.25, 0.3) is 0 Å². The van der Waals surface area contributed by atoms with Crippen LogP contribution in [0.25, 0.3) is 0 Å². The quantitative estimate of drug-likeness (QED) is 0.705. The molecule has 1 heterocycles. The molecule has 10 atom stereocenters. The van der Waals surface area contributed by atoms with E-state index < -0.39 is 5.60 Å². The summed E-state index contributed by atoms with van der Waals surface area (Å²) in [6.45, 7) is 11.2. The van der Waals surface area contributed by atoms with Crippen LogP contribution < -0.4 is 0 Å². The molecule has 4 aliphatic carbocycles. The molecule has 0 aromatic rings. The lowest BCUT2D eigenvalue weighted by molar-refractivity contribution is -0.136. The van der Waals surface area contributed by atoms with E-state index in [0.717, 1.165) is 61.9 Å². The van der Waals surface area contributed by atoms with Gasteiger partial charge in [0.15, 0.2) is 0 Å². The smallest absolute Gasteiger partial charge is 0.150 e. The number of hydrogen-bond acceptors (Lipinski definition) is 4. The fourth-order valence-electron chi connectivity index (χ4n) is 9.35. The molecule has 0 bridgehead atoms. The van der Waals surface area contributed by atoms with Gasteiger partial charge < -0.3 is 9.84 Å². The lowest BCUT2D eigenvalue weighted by Crippen LogP contribution is -2.52. The molecule has 31 heavy (non-hydrogen) atoms. The van der Waals surface area contributed by atoms with E-state index in [1.165, 1.54) is 38.5 Å². The van der Waals surface area contributed by atoms with Crippen molar-refractivity contribution in [1.29, 1.82) is 0 Å². The van der Waals surface area contributed by atoms with E-state index in [9.17, 15) is 9.90 Å². The number of hydrogen-bond donors (Lipinski definition) is 1. The topological polar surface area (TPSA) is 49.8 Å². The van der Waals surface area contributed by atoms with Crippen molar-refractivity contribution in [2.75, 3.05) is 19.6 Å². The van der Waals surface area contributed by atoms with Gasteiger partial charge in [-0.25, -0.2) is 0 Å². The fraction of sp³-hybridized carbons (Fsp3) is 0.963. The summed E-state index contributed by atoms with van der Waals surface area (Å²) in [5.74, 6) is 4.75. The Morgan fingerprint density at radius 3 is 2.39 bits per heavy atom. The Morgan fingerprint density at radius 2 is 1.65 bits per heavy atom. The van der Waals surface area contributed by atoms with Crippen LogP contribution in [0.1, 0.15) is 85.5 Å². The third-order valence-electron chi connectivity index (χ3n) is 10.5. The van der Waals surface area contributed by atoms with E-state index in [4.69, 9.17) is 4.74 Å². The number of morpholine rings is 1. The molecule has 1 N–H and O–H groups in total. The highest BCUT2D eigenvalue weighted by atomic mass is 16.5. The van der Waals surface area contributed by atoms with Gasteiger partial charge in [-0.1, -0.05) is 6.92 Å². The molecule has 1 saturated heterocycles. The molecule has 5 rings (SSSR count). The monoisotopic (exact) mass is 431 g/mol. The predicted octanol–water partition coefficient (Wildman–Crippen LogP) is 4.68. The second-order valence-electron chi connectivity index (χ2n) is 12.8. The van der Waals surface area contributed by atoms with Crippen molar-refractivity contribution < 1.29 is 14.6 Å². The first-order valence-corrected chi connectivity index (χ1v) is 13.3. The molecule has 4 nitrogen and oxygen atoms in total. The molecule has 0 radical (unpaired) electrons. The van der Waals surface area contributed by atoms with Gasteiger partial charge >= 0.3 is 0 Å². The average molecular weight is 432 g/mol. The summed E-state index contributed by atoms with van der Waals surface area (Å²) in [5, 5.41) is 10.6. The first-order chi connectivity index (χ1) is 14.7. The van der Waals surface area contributed by atoms with E-state index in [0.29, 0.717) is 12.3 Å². The Bertz CT molecular complexity index is 682. The number of aliphatic hydroxyl groups is 1. The summed E-state index contributed by atoms with van der Waals surface area (Å²) in [4.78, 5) is 15.9. The maximum atomic E-state index is 13.5. The maximum absolute atomic E-state index is 13.5. The highest BCUT2D eigenvalue weighted by molar-refractivity contribution is 5.84. The second-order valence-corrected chi connectivity index (χ2v) is 12.8. The minimum Gasteiger partial charge on any atom is -0.390 e. The van der Waals surface area contributed by atoms with Gasteiger partial charge in [0.05, 0.1) is 24.4 Å². The zero-order chi connectivity index (χ0) is 22.0. The lowest BCUT2D eigenvalue weighted by atomic mass is 9.49. The number of carbonyl (C=O) groups excluding carboxylic acids is 1. The van der Waals surface area contributed by atoms with Gasteiger partial charge in [-0.15, -0.1) is 0 Å². The maximum Gasteiger partial charge on any atom is 0.150 e. The number of nitrogens with zero attached hydrogens (tertiary/aromatic N) is 1. The van der Waals surface area contributed by atoms with Gasteiger partial charge in [0, 0.05) is 19.0 Å².